The minimum atomic E-state index is -0.194. The number of ether oxygens (including phenoxy) is 2. The van der Waals surface area contributed by atoms with Crippen molar-refractivity contribution in [3.8, 4) is 17.6 Å². The number of thiocarbonyl (C=S) groups is 1. The Labute approximate surface area is 203 Å². The van der Waals surface area contributed by atoms with Gasteiger partial charge in [0.25, 0.3) is 5.91 Å². The molecule has 0 spiro atoms. The van der Waals surface area contributed by atoms with Crippen molar-refractivity contribution in [3.05, 3.63) is 82.8 Å². The van der Waals surface area contributed by atoms with Crippen LogP contribution in [0.15, 0.2) is 60.6 Å². The molecule has 2 heterocycles. The molecule has 0 bridgehead atoms. The third kappa shape index (κ3) is 5.08. The van der Waals surface area contributed by atoms with E-state index in [4.69, 9.17) is 27.0 Å². The summed E-state index contributed by atoms with van der Waals surface area (Å²) in [6.45, 7) is 3.38. The lowest BCUT2D eigenvalue weighted by molar-refractivity contribution is -0.122. The van der Waals surface area contributed by atoms with Crippen LogP contribution in [0.3, 0.4) is 0 Å². The molecule has 1 saturated heterocycles. The third-order valence-electron chi connectivity index (χ3n) is 5.31. The topological polar surface area (TPSA) is 92.4 Å². The van der Waals surface area contributed by atoms with Crippen molar-refractivity contribution in [1.29, 1.82) is 5.26 Å². The molecule has 1 N–H and O–H groups in total. The normalized spacial score (nSPS) is 14.3. The Kier molecular flexibility index (Phi) is 6.90. The fourth-order valence-corrected chi connectivity index (χ4v) is 3.77. The second-order valence-electron chi connectivity index (χ2n) is 7.58. The number of hydrogen-bond acceptors (Lipinski definition) is 6. The zero-order valence-corrected chi connectivity index (χ0v) is 19.6. The van der Waals surface area contributed by atoms with Crippen LogP contribution in [-0.2, 0) is 24.5 Å². The number of carbonyl (C=O) groups excluding carboxylic acids is 1. The monoisotopic (exact) mass is 473 g/mol. The second kappa shape index (κ2) is 10.2. The lowest BCUT2D eigenvalue weighted by Gasteiger charge is -2.12. The summed E-state index contributed by atoms with van der Waals surface area (Å²) >= 11 is 5.39. The first-order valence-electron chi connectivity index (χ1n) is 10.7. The SMILES string of the molecule is CCn1cc(CN2C(=O)/C(=C\c3ccc(OC)c(COc4ccc(C#N)cc4)c3)NC2=S)cn1. The van der Waals surface area contributed by atoms with Gasteiger partial charge in [0.2, 0.25) is 0 Å². The molecule has 1 amide bonds. The van der Waals surface area contributed by atoms with Gasteiger partial charge in [-0.3, -0.25) is 14.4 Å². The molecule has 1 aliphatic rings. The smallest absolute Gasteiger partial charge is 0.276 e. The van der Waals surface area contributed by atoms with Crippen molar-refractivity contribution < 1.29 is 14.3 Å². The predicted molar refractivity (Wildman–Crippen MR) is 131 cm³/mol. The summed E-state index contributed by atoms with van der Waals surface area (Å²) in [6.07, 6.45) is 5.40. The summed E-state index contributed by atoms with van der Waals surface area (Å²) in [5.74, 6) is 1.12. The largest absolute Gasteiger partial charge is 0.496 e. The van der Waals surface area contributed by atoms with Crippen LogP contribution >= 0.6 is 12.2 Å². The van der Waals surface area contributed by atoms with Crippen LogP contribution in [0.4, 0.5) is 0 Å². The zero-order valence-electron chi connectivity index (χ0n) is 18.8. The lowest BCUT2D eigenvalue weighted by atomic mass is 10.1. The maximum Gasteiger partial charge on any atom is 0.276 e. The molecule has 1 aromatic heterocycles. The maximum atomic E-state index is 13.0. The first-order chi connectivity index (χ1) is 16.5. The van der Waals surface area contributed by atoms with Crippen LogP contribution in [0.25, 0.3) is 6.08 Å². The minimum absolute atomic E-state index is 0.194. The molecule has 2 aromatic carbocycles. The fourth-order valence-electron chi connectivity index (χ4n) is 3.51. The Morgan fingerprint density at radius 3 is 2.71 bits per heavy atom. The van der Waals surface area contributed by atoms with E-state index in [2.05, 4.69) is 16.5 Å². The van der Waals surface area contributed by atoms with Gasteiger partial charge < -0.3 is 14.8 Å². The number of methoxy groups -OCH3 is 1. The van der Waals surface area contributed by atoms with E-state index in [0.29, 0.717) is 34.4 Å². The van der Waals surface area contributed by atoms with Crippen LogP contribution in [-0.4, -0.2) is 32.8 Å². The summed E-state index contributed by atoms with van der Waals surface area (Å²) in [5, 5.41) is 16.6. The van der Waals surface area contributed by atoms with Gasteiger partial charge >= 0.3 is 0 Å². The van der Waals surface area contributed by atoms with E-state index >= 15 is 0 Å². The molecule has 8 nitrogen and oxygen atoms in total. The van der Waals surface area contributed by atoms with Crippen LogP contribution < -0.4 is 14.8 Å². The highest BCUT2D eigenvalue weighted by molar-refractivity contribution is 7.80. The van der Waals surface area contributed by atoms with E-state index < -0.39 is 0 Å². The van der Waals surface area contributed by atoms with Gasteiger partial charge in [0.15, 0.2) is 5.11 Å². The molecule has 0 radical (unpaired) electrons. The Balaban J connectivity index is 1.49. The summed E-state index contributed by atoms with van der Waals surface area (Å²) in [6, 6.07) is 14.6. The summed E-state index contributed by atoms with van der Waals surface area (Å²) < 4.78 is 13.1. The molecular weight excluding hydrogens is 450 g/mol. The van der Waals surface area contributed by atoms with Gasteiger partial charge in [0.1, 0.15) is 23.8 Å². The summed E-state index contributed by atoms with van der Waals surface area (Å²) in [4.78, 5) is 14.5. The fraction of sp³-hybridized carbons (Fsp3) is 0.200. The number of amides is 1. The van der Waals surface area contributed by atoms with Gasteiger partial charge in [0.05, 0.1) is 31.5 Å². The zero-order chi connectivity index (χ0) is 24.1. The molecule has 9 heteroatoms. The summed E-state index contributed by atoms with van der Waals surface area (Å²) in [7, 11) is 1.59. The number of nitrogens with one attached hydrogen (secondary N) is 1. The van der Waals surface area contributed by atoms with Gasteiger partial charge in [-0.1, -0.05) is 6.07 Å². The van der Waals surface area contributed by atoms with E-state index in [1.807, 2.05) is 36.0 Å². The number of aromatic nitrogens is 2. The van der Waals surface area contributed by atoms with Gasteiger partial charge in [-0.15, -0.1) is 0 Å². The maximum absolute atomic E-state index is 13.0. The van der Waals surface area contributed by atoms with Crippen LogP contribution in [0.2, 0.25) is 0 Å². The Morgan fingerprint density at radius 2 is 2.03 bits per heavy atom. The van der Waals surface area contributed by atoms with Crippen LogP contribution in [0.1, 0.15) is 29.2 Å². The predicted octanol–water partition coefficient (Wildman–Crippen LogP) is 3.62. The average molecular weight is 474 g/mol. The lowest BCUT2D eigenvalue weighted by Crippen LogP contribution is -2.29. The Bertz CT molecular complexity index is 1290. The molecule has 3 aromatic rings. The molecule has 1 fully saturated rings. The first-order valence-corrected chi connectivity index (χ1v) is 11.1. The third-order valence-corrected chi connectivity index (χ3v) is 5.63. The number of carbonyl (C=O) groups is 1. The van der Waals surface area contributed by atoms with Crippen molar-refractivity contribution in [3.63, 3.8) is 0 Å². The molecule has 34 heavy (non-hydrogen) atoms. The molecule has 4 rings (SSSR count). The molecule has 172 valence electrons. The van der Waals surface area contributed by atoms with E-state index in [9.17, 15) is 4.79 Å². The Morgan fingerprint density at radius 1 is 1.24 bits per heavy atom. The highest BCUT2D eigenvalue weighted by Gasteiger charge is 2.30. The number of aryl methyl sites for hydroxylation is 1. The quantitative estimate of drug-likeness (QED) is 0.395. The van der Waals surface area contributed by atoms with Gasteiger partial charge in [-0.2, -0.15) is 10.4 Å². The molecule has 1 aliphatic heterocycles. The number of rotatable bonds is 8. The van der Waals surface area contributed by atoms with Crippen molar-refractivity contribution in [2.45, 2.75) is 26.6 Å². The number of nitriles is 1. The summed E-state index contributed by atoms with van der Waals surface area (Å²) in [5.41, 5.74) is 3.50. The van der Waals surface area contributed by atoms with Crippen LogP contribution in [0, 0.1) is 11.3 Å². The van der Waals surface area contributed by atoms with Crippen molar-refractivity contribution in [2.24, 2.45) is 0 Å². The van der Waals surface area contributed by atoms with E-state index in [1.165, 1.54) is 4.90 Å². The number of nitrogens with zero attached hydrogens (tertiary/aromatic N) is 4. The van der Waals surface area contributed by atoms with Crippen molar-refractivity contribution in [1.82, 2.24) is 20.0 Å². The Hall–Kier alpha value is -4.16. The second-order valence-corrected chi connectivity index (χ2v) is 7.97. The van der Waals surface area contributed by atoms with Gasteiger partial charge in [0, 0.05) is 23.9 Å². The number of benzene rings is 2. The standard InChI is InChI=1S/C25H23N5O3S/c1-3-29-14-19(13-27-29)15-30-24(31)22(28-25(30)34)11-18-6-9-23(32-2)20(10-18)16-33-21-7-4-17(12-26)5-8-21/h4-11,13-14H,3,15-16H2,1-2H3,(H,28,34)/b22-11+. The van der Waals surface area contributed by atoms with Crippen LogP contribution in [0.5, 0.6) is 11.5 Å². The first kappa shape index (κ1) is 23.0. The molecule has 0 aliphatic carbocycles. The van der Waals surface area contributed by atoms with E-state index in [-0.39, 0.29) is 12.5 Å². The van der Waals surface area contributed by atoms with Gasteiger partial charge in [-0.05, 0) is 67.2 Å². The van der Waals surface area contributed by atoms with E-state index in [1.54, 1.807) is 43.6 Å². The highest BCUT2D eigenvalue weighted by atomic mass is 32.1. The molecule has 0 unspecified atom stereocenters. The molecular formula is C25H23N5O3S. The average Bonchev–Trinajstić information content (AvgIpc) is 3.43. The minimum Gasteiger partial charge on any atom is -0.496 e. The van der Waals surface area contributed by atoms with Crippen molar-refractivity contribution >= 4 is 29.3 Å². The van der Waals surface area contributed by atoms with Gasteiger partial charge in [-0.25, -0.2) is 0 Å². The molecule has 0 atom stereocenters. The molecule has 0 saturated carbocycles. The number of hydrogen-bond donors (Lipinski definition) is 1. The highest BCUT2D eigenvalue weighted by Crippen LogP contribution is 2.25. The van der Waals surface area contributed by atoms with E-state index in [0.717, 1.165) is 23.2 Å². The van der Waals surface area contributed by atoms with Crippen molar-refractivity contribution in [2.75, 3.05) is 7.11 Å².